The summed E-state index contributed by atoms with van der Waals surface area (Å²) >= 11 is 7.13. The van der Waals surface area contributed by atoms with E-state index in [1.54, 1.807) is 23.6 Å². The summed E-state index contributed by atoms with van der Waals surface area (Å²) in [4.78, 5) is 27.2. The first-order valence-corrected chi connectivity index (χ1v) is 10.1. The number of nitrogens with zero attached hydrogens (tertiary/aromatic N) is 2. The van der Waals surface area contributed by atoms with Gasteiger partial charge in [-0.05, 0) is 30.3 Å². The SMILES string of the molecule is O=C(O)c1cc(-c2nc(-c3ccc(F)c(Cl)c3)cs2)ccc1-c1ccccc1[N+](=O)[O-].[H-].[Na+]. The first-order chi connectivity index (χ1) is 14.8. The van der Waals surface area contributed by atoms with Gasteiger partial charge in [0.1, 0.15) is 10.8 Å². The van der Waals surface area contributed by atoms with E-state index in [4.69, 9.17) is 11.6 Å². The van der Waals surface area contributed by atoms with Crippen molar-refractivity contribution in [2.45, 2.75) is 0 Å². The van der Waals surface area contributed by atoms with Gasteiger partial charge >= 0.3 is 35.5 Å². The second-order valence-electron chi connectivity index (χ2n) is 6.51. The van der Waals surface area contributed by atoms with Gasteiger partial charge in [-0.3, -0.25) is 10.1 Å². The van der Waals surface area contributed by atoms with E-state index in [1.165, 1.54) is 53.8 Å². The smallest absolute Gasteiger partial charge is 1.00 e. The maximum absolute atomic E-state index is 13.4. The predicted octanol–water partition coefficient (Wildman–Crippen LogP) is 3.66. The second-order valence-corrected chi connectivity index (χ2v) is 7.77. The molecule has 0 aliphatic heterocycles. The Morgan fingerprint density at radius 2 is 1.81 bits per heavy atom. The summed E-state index contributed by atoms with van der Waals surface area (Å²) in [5.41, 5.74) is 1.95. The minimum absolute atomic E-state index is 0. The van der Waals surface area contributed by atoms with E-state index in [-0.39, 0.29) is 58.4 Å². The third-order valence-corrected chi connectivity index (χ3v) is 5.79. The fraction of sp³-hybridized carbons (Fsp3) is 0. The van der Waals surface area contributed by atoms with E-state index in [2.05, 4.69) is 4.98 Å². The van der Waals surface area contributed by atoms with E-state index >= 15 is 0 Å². The zero-order valence-corrected chi connectivity index (χ0v) is 20.2. The summed E-state index contributed by atoms with van der Waals surface area (Å²) in [7, 11) is 0. The molecule has 0 fully saturated rings. The quantitative estimate of drug-likeness (QED) is 0.268. The summed E-state index contributed by atoms with van der Waals surface area (Å²) in [6, 6.07) is 14.9. The van der Waals surface area contributed by atoms with Crippen molar-refractivity contribution in [3.8, 4) is 33.0 Å². The minimum atomic E-state index is -1.21. The maximum atomic E-state index is 13.4. The predicted molar refractivity (Wildman–Crippen MR) is 118 cm³/mol. The van der Waals surface area contributed by atoms with Crippen LogP contribution in [-0.4, -0.2) is 21.0 Å². The zero-order valence-electron chi connectivity index (χ0n) is 17.6. The van der Waals surface area contributed by atoms with Gasteiger partial charge in [0, 0.05) is 28.1 Å². The Bertz CT molecular complexity index is 1350. The van der Waals surface area contributed by atoms with E-state index in [0.717, 1.165) is 0 Å². The molecule has 1 heterocycles. The average molecular weight is 479 g/mol. The molecule has 1 N–H and O–H groups in total. The number of halogens is 2. The molecule has 4 rings (SSSR count). The third kappa shape index (κ3) is 4.74. The molecule has 1 aromatic heterocycles. The number of nitro benzene ring substituents is 1. The van der Waals surface area contributed by atoms with E-state index in [0.29, 0.717) is 21.8 Å². The molecule has 0 spiro atoms. The Labute approximate surface area is 214 Å². The van der Waals surface area contributed by atoms with Crippen LogP contribution in [0.25, 0.3) is 33.0 Å². The van der Waals surface area contributed by atoms with Crippen LogP contribution in [0.15, 0.2) is 66.0 Å². The molecule has 32 heavy (non-hydrogen) atoms. The number of rotatable bonds is 5. The van der Waals surface area contributed by atoms with Gasteiger partial charge in [0.25, 0.3) is 5.69 Å². The van der Waals surface area contributed by atoms with Crippen molar-refractivity contribution < 1.29 is 50.2 Å². The molecule has 0 saturated heterocycles. The minimum Gasteiger partial charge on any atom is -1.00 e. The number of hydrogen-bond acceptors (Lipinski definition) is 5. The monoisotopic (exact) mass is 478 g/mol. The van der Waals surface area contributed by atoms with Crippen molar-refractivity contribution in [2.75, 3.05) is 0 Å². The molecule has 0 saturated carbocycles. The van der Waals surface area contributed by atoms with Gasteiger partial charge in [0.05, 0.1) is 26.8 Å². The number of benzene rings is 3. The summed E-state index contributed by atoms with van der Waals surface area (Å²) in [5, 5.41) is 23.4. The van der Waals surface area contributed by atoms with Gasteiger partial charge in [0.15, 0.2) is 0 Å². The Morgan fingerprint density at radius 1 is 1.09 bits per heavy atom. The Hall–Kier alpha value is -2.62. The molecule has 0 atom stereocenters. The first-order valence-electron chi connectivity index (χ1n) is 8.87. The average Bonchev–Trinajstić information content (AvgIpc) is 3.25. The van der Waals surface area contributed by atoms with Gasteiger partial charge in [-0.15, -0.1) is 11.3 Å². The van der Waals surface area contributed by atoms with Crippen LogP contribution in [0.2, 0.25) is 5.02 Å². The number of carboxylic acids is 1. The summed E-state index contributed by atoms with van der Waals surface area (Å²) in [6.07, 6.45) is 0. The number of nitro groups is 1. The van der Waals surface area contributed by atoms with Crippen molar-refractivity contribution in [3.63, 3.8) is 0 Å². The fourth-order valence-corrected chi connectivity index (χ4v) is 4.15. The van der Waals surface area contributed by atoms with E-state index in [1.807, 2.05) is 0 Å². The molecular weight excluding hydrogens is 466 g/mol. The first kappa shape index (κ1) is 24.0. The second kappa shape index (κ2) is 9.89. The van der Waals surface area contributed by atoms with Crippen LogP contribution in [0.5, 0.6) is 0 Å². The third-order valence-electron chi connectivity index (χ3n) is 4.61. The summed E-state index contributed by atoms with van der Waals surface area (Å²) < 4.78 is 13.4. The van der Waals surface area contributed by atoms with Crippen molar-refractivity contribution in [1.29, 1.82) is 0 Å². The molecule has 0 aliphatic carbocycles. The maximum Gasteiger partial charge on any atom is 1.00 e. The Balaban J connectivity index is 0.00000193. The van der Waals surface area contributed by atoms with Gasteiger partial charge in [-0.2, -0.15) is 0 Å². The van der Waals surface area contributed by atoms with Gasteiger partial charge in [-0.1, -0.05) is 35.9 Å². The molecule has 0 amide bonds. The molecule has 156 valence electrons. The summed E-state index contributed by atoms with van der Waals surface area (Å²) in [6.45, 7) is 0. The van der Waals surface area contributed by atoms with Gasteiger partial charge < -0.3 is 6.53 Å². The van der Waals surface area contributed by atoms with Crippen LogP contribution in [-0.2, 0) is 0 Å². The summed E-state index contributed by atoms with van der Waals surface area (Å²) in [5.74, 6) is -1.74. The standard InChI is InChI=1S/C22H12ClFN2O4S.Na.H/c23-17-10-12(6-8-18(17)24)19-11-31-21(25-19)13-5-7-14(16(9-13)22(27)28)15-3-1-2-4-20(15)26(29)30;;/h1-11H,(H,27,28);;/q;+1;-1. The molecule has 6 nitrogen and oxygen atoms in total. The topological polar surface area (TPSA) is 93.3 Å². The molecular formula is C22H13ClFN2NaO4S. The molecule has 0 unspecified atom stereocenters. The zero-order chi connectivity index (χ0) is 22.1. The normalized spacial score (nSPS) is 10.4. The van der Waals surface area contributed by atoms with Crippen molar-refractivity contribution in [3.05, 3.63) is 92.6 Å². The number of hydrogen-bond donors (Lipinski definition) is 1. The number of aromatic carboxylic acids is 1. The Morgan fingerprint density at radius 3 is 2.50 bits per heavy atom. The van der Waals surface area contributed by atoms with E-state index < -0.39 is 16.7 Å². The fourth-order valence-electron chi connectivity index (χ4n) is 3.14. The Kier molecular flexibility index (Phi) is 7.43. The van der Waals surface area contributed by atoms with Gasteiger partial charge in [0.2, 0.25) is 0 Å². The molecule has 0 aliphatic rings. The number of carboxylic acid groups (broad SMARTS) is 1. The largest absolute Gasteiger partial charge is 1.00 e. The van der Waals surface area contributed by atoms with Gasteiger partial charge in [-0.25, -0.2) is 14.2 Å². The van der Waals surface area contributed by atoms with Crippen LogP contribution in [0.1, 0.15) is 11.8 Å². The van der Waals surface area contributed by atoms with Crippen LogP contribution in [0.3, 0.4) is 0 Å². The van der Waals surface area contributed by atoms with Crippen molar-refractivity contribution in [2.24, 2.45) is 0 Å². The van der Waals surface area contributed by atoms with Crippen LogP contribution in [0.4, 0.5) is 10.1 Å². The number of para-hydroxylation sites is 1. The number of thiazole rings is 1. The van der Waals surface area contributed by atoms with Crippen molar-refractivity contribution in [1.82, 2.24) is 4.98 Å². The van der Waals surface area contributed by atoms with E-state index in [9.17, 15) is 24.4 Å². The molecule has 0 bridgehead atoms. The van der Waals surface area contributed by atoms with Crippen LogP contribution < -0.4 is 29.6 Å². The molecule has 3 aromatic carbocycles. The molecule has 4 aromatic rings. The number of carbonyl (C=O) groups is 1. The van der Waals surface area contributed by atoms with Crippen LogP contribution in [0, 0.1) is 15.9 Å². The van der Waals surface area contributed by atoms with Crippen molar-refractivity contribution >= 4 is 34.6 Å². The molecule has 0 radical (unpaired) electrons. The molecule has 10 heteroatoms. The van der Waals surface area contributed by atoms with Crippen LogP contribution >= 0.6 is 22.9 Å². The number of aromatic nitrogens is 1.